The number of fused-ring (bicyclic) bond motifs is 1. The molecule has 0 aliphatic carbocycles. The van der Waals surface area contributed by atoms with E-state index in [2.05, 4.69) is 60.9 Å². The zero-order valence-electron chi connectivity index (χ0n) is 9.50. The number of thiol groups is 1. The summed E-state index contributed by atoms with van der Waals surface area (Å²) < 4.78 is 0. The van der Waals surface area contributed by atoms with Gasteiger partial charge >= 0.3 is 0 Å². The summed E-state index contributed by atoms with van der Waals surface area (Å²) in [5.41, 5.74) is 2.47. The van der Waals surface area contributed by atoms with E-state index in [1.165, 1.54) is 16.3 Å². The molecule has 1 heterocycles. The second kappa shape index (κ2) is 4.31. The molecule has 0 amide bonds. The fourth-order valence-corrected chi connectivity index (χ4v) is 3.59. The molecule has 1 atom stereocenters. The predicted octanol–water partition coefficient (Wildman–Crippen LogP) is 4.57. The molecule has 0 radical (unpaired) electrons. The minimum absolute atomic E-state index is 0.417. The third kappa shape index (κ3) is 1.83. The molecule has 0 saturated heterocycles. The normalized spacial score (nSPS) is 18.2. The highest BCUT2D eigenvalue weighted by Crippen LogP contribution is 2.48. The molecule has 3 rings (SSSR count). The van der Waals surface area contributed by atoms with Gasteiger partial charge in [0, 0.05) is 9.79 Å². The second-order valence-corrected chi connectivity index (χ2v) is 5.88. The molecule has 2 aromatic rings. The van der Waals surface area contributed by atoms with E-state index in [9.17, 15) is 0 Å². The minimum atomic E-state index is 0.417. The first-order valence-electron chi connectivity index (χ1n) is 5.60. The number of hydrogen-bond acceptors (Lipinski definition) is 3. The fraction of sp³-hybridized carbons (Fsp3) is 0.143. The standard InChI is InChI=1S/C14H13NS2/c1-10-15(11-6-2-4-8-13(11)16)12-7-3-5-9-14(12)17-10/h2-10,16H,1H3. The van der Waals surface area contributed by atoms with Gasteiger partial charge in [-0.2, -0.15) is 0 Å². The van der Waals surface area contributed by atoms with E-state index in [1.807, 2.05) is 23.9 Å². The molecule has 86 valence electrons. The van der Waals surface area contributed by atoms with Gasteiger partial charge in [0.05, 0.1) is 16.7 Å². The van der Waals surface area contributed by atoms with Crippen molar-refractivity contribution < 1.29 is 0 Å². The minimum Gasteiger partial charge on any atom is -0.327 e. The highest BCUT2D eigenvalue weighted by Gasteiger charge is 2.28. The third-order valence-electron chi connectivity index (χ3n) is 2.93. The number of benzene rings is 2. The third-order valence-corrected chi connectivity index (χ3v) is 4.46. The van der Waals surface area contributed by atoms with Crippen LogP contribution in [0.3, 0.4) is 0 Å². The van der Waals surface area contributed by atoms with Gasteiger partial charge in [0.2, 0.25) is 0 Å². The van der Waals surface area contributed by atoms with Crippen LogP contribution in [0.4, 0.5) is 11.4 Å². The van der Waals surface area contributed by atoms with Gasteiger partial charge < -0.3 is 4.90 Å². The zero-order chi connectivity index (χ0) is 11.8. The monoisotopic (exact) mass is 259 g/mol. The van der Waals surface area contributed by atoms with E-state index >= 15 is 0 Å². The molecule has 1 nitrogen and oxygen atoms in total. The molecule has 0 N–H and O–H groups in total. The molecule has 1 aliphatic rings. The lowest BCUT2D eigenvalue weighted by Crippen LogP contribution is -2.21. The summed E-state index contributed by atoms with van der Waals surface area (Å²) in [6.07, 6.45) is 0. The lowest BCUT2D eigenvalue weighted by atomic mass is 10.2. The van der Waals surface area contributed by atoms with E-state index in [0.717, 1.165) is 4.90 Å². The van der Waals surface area contributed by atoms with Crippen LogP contribution in [0.25, 0.3) is 0 Å². The first-order chi connectivity index (χ1) is 8.27. The van der Waals surface area contributed by atoms with Gasteiger partial charge in [0.15, 0.2) is 0 Å². The fourth-order valence-electron chi connectivity index (χ4n) is 2.18. The van der Waals surface area contributed by atoms with Gasteiger partial charge in [-0.3, -0.25) is 0 Å². The number of anilines is 2. The average Bonchev–Trinajstić information content (AvgIpc) is 2.66. The van der Waals surface area contributed by atoms with Crippen molar-refractivity contribution in [3.05, 3.63) is 48.5 Å². The maximum atomic E-state index is 4.55. The molecule has 0 saturated carbocycles. The first-order valence-corrected chi connectivity index (χ1v) is 6.93. The van der Waals surface area contributed by atoms with Crippen LogP contribution in [-0.4, -0.2) is 5.37 Å². The van der Waals surface area contributed by atoms with Crippen LogP contribution in [-0.2, 0) is 0 Å². The number of nitrogens with zero attached hydrogens (tertiary/aromatic N) is 1. The molecule has 0 spiro atoms. The zero-order valence-corrected chi connectivity index (χ0v) is 11.2. The number of para-hydroxylation sites is 2. The topological polar surface area (TPSA) is 3.24 Å². The van der Waals surface area contributed by atoms with Crippen molar-refractivity contribution in [2.45, 2.75) is 22.1 Å². The van der Waals surface area contributed by atoms with Gasteiger partial charge in [-0.05, 0) is 31.2 Å². The summed E-state index contributed by atoms with van der Waals surface area (Å²) in [4.78, 5) is 4.72. The highest BCUT2D eigenvalue weighted by atomic mass is 32.2. The summed E-state index contributed by atoms with van der Waals surface area (Å²) >= 11 is 6.45. The number of rotatable bonds is 1. The van der Waals surface area contributed by atoms with E-state index in [1.54, 1.807) is 0 Å². The van der Waals surface area contributed by atoms with E-state index < -0.39 is 0 Å². The van der Waals surface area contributed by atoms with Gasteiger partial charge in [0.1, 0.15) is 0 Å². The predicted molar refractivity (Wildman–Crippen MR) is 77.6 cm³/mol. The Bertz CT molecular complexity index is 553. The van der Waals surface area contributed by atoms with Crippen molar-refractivity contribution >= 4 is 35.8 Å². The van der Waals surface area contributed by atoms with Crippen LogP contribution in [0.1, 0.15) is 6.92 Å². The molecular weight excluding hydrogens is 246 g/mol. The molecule has 1 aliphatic heterocycles. The Morgan fingerprint density at radius 2 is 1.65 bits per heavy atom. The highest BCUT2D eigenvalue weighted by molar-refractivity contribution is 8.00. The van der Waals surface area contributed by atoms with Gasteiger partial charge in [-0.25, -0.2) is 0 Å². The van der Waals surface area contributed by atoms with Crippen molar-refractivity contribution in [3.63, 3.8) is 0 Å². The van der Waals surface area contributed by atoms with Crippen molar-refractivity contribution in [1.82, 2.24) is 0 Å². The summed E-state index contributed by atoms with van der Waals surface area (Å²) in [6.45, 7) is 2.23. The van der Waals surface area contributed by atoms with E-state index in [0.29, 0.717) is 5.37 Å². The molecule has 17 heavy (non-hydrogen) atoms. The van der Waals surface area contributed by atoms with E-state index in [4.69, 9.17) is 0 Å². The number of thioether (sulfide) groups is 1. The quantitative estimate of drug-likeness (QED) is 0.748. The molecule has 0 fully saturated rings. The average molecular weight is 259 g/mol. The lowest BCUT2D eigenvalue weighted by Gasteiger charge is -2.25. The van der Waals surface area contributed by atoms with Gasteiger partial charge in [0.25, 0.3) is 0 Å². The SMILES string of the molecule is CC1Sc2ccccc2N1c1ccccc1S. The summed E-state index contributed by atoms with van der Waals surface area (Å²) in [5.74, 6) is 0. The van der Waals surface area contributed by atoms with E-state index in [-0.39, 0.29) is 0 Å². The Hall–Kier alpha value is -1.06. The Morgan fingerprint density at radius 3 is 2.41 bits per heavy atom. The molecule has 1 unspecified atom stereocenters. The maximum Gasteiger partial charge on any atom is 0.0819 e. The Morgan fingerprint density at radius 1 is 1.00 bits per heavy atom. The first kappa shape index (κ1) is 11.1. The Labute approximate surface area is 111 Å². The van der Waals surface area contributed by atoms with Crippen molar-refractivity contribution in [2.24, 2.45) is 0 Å². The van der Waals surface area contributed by atoms with Crippen molar-refractivity contribution in [1.29, 1.82) is 0 Å². The van der Waals surface area contributed by atoms with Crippen LogP contribution in [0, 0.1) is 0 Å². The van der Waals surface area contributed by atoms with Crippen molar-refractivity contribution in [3.8, 4) is 0 Å². The molecule has 3 heteroatoms. The lowest BCUT2D eigenvalue weighted by molar-refractivity contribution is 0.961. The smallest absolute Gasteiger partial charge is 0.0819 e. The van der Waals surface area contributed by atoms with Crippen LogP contribution in [0.2, 0.25) is 0 Å². The maximum absolute atomic E-state index is 4.55. The molecule has 0 bridgehead atoms. The van der Waals surface area contributed by atoms with Crippen LogP contribution >= 0.6 is 24.4 Å². The number of hydrogen-bond donors (Lipinski definition) is 1. The Kier molecular flexibility index (Phi) is 2.81. The van der Waals surface area contributed by atoms with Crippen LogP contribution < -0.4 is 4.90 Å². The molecule has 0 aromatic heterocycles. The van der Waals surface area contributed by atoms with Crippen molar-refractivity contribution in [2.75, 3.05) is 4.90 Å². The largest absolute Gasteiger partial charge is 0.327 e. The van der Waals surface area contributed by atoms with Gasteiger partial charge in [-0.1, -0.05) is 36.0 Å². The summed E-state index contributed by atoms with van der Waals surface area (Å²) in [5, 5.41) is 0.417. The van der Waals surface area contributed by atoms with Crippen LogP contribution in [0.15, 0.2) is 58.3 Å². The molecular formula is C14H13NS2. The second-order valence-electron chi connectivity index (χ2n) is 4.04. The van der Waals surface area contributed by atoms with Crippen LogP contribution in [0.5, 0.6) is 0 Å². The molecule has 2 aromatic carbocycles. The Balaban J connectivity index is 2.13. The van der Waals surface area contributed by atoms with Gasteiger partial charge in [-0.15, -0.1) is 12.6 Å². The summed E-state index contributed by atoms with van der Waals surface area (Å²) in [7, 11) is 0. The summed E-state index contributed by atoms with van der Waals surface area (Å²) in [6, 6.07) is 16.8.